The lowest BCUT2D eigenvalue weighted by molar-refractivity contribution is -0.142. The largest absolute Gasteiger partial charge is 0.480 e. The minimum atomic E-state index is -1.28. The Labute approximate surface area is 97.6 Å². The van der Waals surface area contributed by atoms with Gasteiger partial charge in [-0.15, -0.1) is 0 Å². The molecule has 0 aliphatic heterocycles. The molecule has 0 spiro atoms. The molecule has 0 bridgehead atoms. The molecule has 0 aliphatic rings. The van der Waals surface area contributed by atoms with Crippen LogP contribution in [0, 0.1) is 0 Å². The third-order valence-corrected chi connectivity index (χ3v) is 2.63. The van der Waals surface area contributed by atoms with Crippen molar-refractivity contribution >= 4 is 23.0 Å². The molecule has 17 heavy (non-hydrogen) atoms. The summed E-state index contributed by atoms with van der Waals surface area (Å²) in [6, 6.07) is 5.41. The Morgan fingerprint density at radius 1 is 1.59 bits per heavy atom. The average molecular weight is 234 g/mol. The van der Waals surface area contributed by atoms with Crippen LogP contribution in [0.2, 0.25) is 0 Å². The van der Waals surface area contributed by atoms with E-state index < -0.39 is 11.5 Å². The molecule has 6 nitrogen and oxygen atoms in total. The van der Waals surface area contributed by atoms with Gasteiger partial charge in [0.1, 0.15) is 5.54 Å². The number of aromatic amines is 1. The van der Waals surface area contributed by atoms with E-state index in [1.165, 1.54) is 6.92 Å². The number of hydrogen-bond donors (Lipinski definition) is 4. The predicted molar refractivity (Wildman–Crippen MR) is 64.4 cm³/mol. The van der Waals surface area contributed by atoms with Crippen molar-refractivity contribution in [3.63, 3.8) is 0 Å². The van der Waals surface area contributed by atoms with Gasteiger partial charge in [-0.3, -0.25) is 4.79 Å². The zero-order valence-electron chi connectivity index (χ0n) is 9.40. The van der Waals surface area contributed by atoms with E-state index in [2.05, 4.69) is 9.97 Å². The molecule has 0 aliphatic carbocycles. The summed E-state index contributed by atoms with van der Waals surface area (Å²) in [5.41, 5.74) is 12.3. The second kappa shape index (κ2) is 3.74. The summed E-state index contributed by atoms with van der Waals surface area (Å²) in [6.07, 6.45) is 0.241. The summed E-state index contributed by atoms with van der Waals surface area (Å²) in [5.74, 6) is -0.690. The summed E-state index contributed by atoms with van der Waals surface area (Å²) >= 11 is 0. The fraction of sp³-hybridized carbons (Fsp3) is 0.273. The first-order valence-electron chi connectivity index (χ1n) is 5.15. The van der Waals surface area contributed by atoms with Crippen molar-refractivity contribution in [3.05, 3.63) is 23.8 Å². The Morgan fingerprint density at radius 3 is 2.94 bits per heavy atom. The Bertz CT molecular complexity index is 574. The van der Waals surface area contributed by atoms with Crippen molar-refractivity contribution in [1.29, 1.82) is 0 Å². The highest BCUT2D eigenvalue weighted by Crippen LogP contribution is 2.18. The molecular weight excluding hydrogens is 220 g/mol. The van der Waals surface area contributed by atoms with Crippen LogP contribution in [-0.2, 0) is 11.2 Å². The van der Waals surface area contributed by atoms with Crippen LogP contribution in [0.15, 0.2) is 18.2 Å². The number of nitrogen functional groups attached to an aromatic ring is 1. The summed E-state index contributed by atoms with van der Waals surface area (Å²) < 4.78 is 0. The number of aromatic nitrogens is 2. The summed E-state index contributed by atoms with van der Waals surface area (Å²) in [5, 5.41) is 8.95. The zero-order valence-corrected chi connectivity index (χ0v) is 9.40. The van der Waals surface area contributed by atoms with Gasteiger partial charge in [-0.25, -0.2) is 4.98 Å². The number of rotatable bonds is 3. The van der Waals surface area contributed by atoms with Gasteiger partial charge in [-0.1, -0.05) is 6.07 Å². The van der Waals surface area contributed by atoms with Gasteiger partial charge in [0.2, 0.25) is 0 Å². The highest BCUT2D eigenvalue weighted by atomic mass is 16.4. The van der Waals surface area contributed by atoms with E-state index in [1.54, 1.807) is 6.07 Å². The van der Waals surface area contributed by atoms with E-state index in [1.807, 2.05) is 12.1 Å². The maximum atomic E-state index is 10.9. The van der Waals surface area contributed by atoms with Gasteiger partial charge < -0.3 is 21.6 Å². The van der Waals surface area contributed by atoms with Gasteiger partial charge in [0, 0.05) is 6.42 Å². The van der Waals surface area contributed by atoms with Crippen molar-refractivity contribution < 1.29 is 9.90 Å². The molecule has 1 atom stereocenters. The molecule has 0 amide bonds. The quantitative estimate of drug-likeness (QED) is 0.616. The smallest absolute Gasteiger partial charge is 0.323 e. The van der Waals surface area contributed by atoms with Gasteiger partial charge in [0.05, 0.1) is 11.0 Å². The molecule has 0 saturated heterocycles. The average Bonchev–Trinajstić information content (AvgIpc) is 2.56. The van der Waals surface area contributed by atoms with Gasteiger partial charge in [0.15, 0.2) is 5.95 Å². The van der Waals surface area contributed by atoms with E-state index in [0.29, 0.717) is 11.5 Å². The van der Waals surface area contributed by atoms with Crippen LogP contribution < -0.4 is 11.5 Å². The fourth-order valence-corrected chi connectivity index (χ4v) is 1.68. The van der Waals surface area contributed by atoms with Crippen molar-refractivity contribution in [1.82, 2.24) is 9.97 Å². The lowest BCUT2D eigenvalue weighted by Gasteiger charge is -2.18. The highest BCUT2D eigenvalue weighted by Gasteiger charge is 2.28. The lowest BCUT2D eigenvalue weighted by atomic mass is 9.94. The van der Waals surface area contributed by atoms with Crippen LogP contribution in [0.25, 0.3) is 11.0 Å². The van der Waals surface area contributed by atoms with Crippen LogP contribution in [0.3, 0.4) is 0 Å². The van der Waals surface area contributed by atoms with E-state index in [9.17, 15) is 4.79 Å². The van der Waals surface area contributed by atoms with Gasteiger partial charge >= 0.3 is 5.97 Å². The Balaban J connectivity index is 2.34. The maximum absolute atomic E-state index is 10.9. The van der Waals surface area contributed by atoms with Crippen molar-refractivity contribution in [2.45, 2.75) is 18.9 Å². The number of fused-ring (bicyclic) bond motifs is 1. The molecule has 90 valence electrons. The first-order valence-corrected chi connectivity index (χ1v) is 5.15. The molecule has 6 heteroatoms. The summed E-state index contributed by atoms with van der Waals surface area (Å²) in [6.45, 7) is 1.48. The summed E-state index contributed by atoms with van der Waals surface area (Å²) in [7, 11) is 0. The van der Waals surface area contributed by atoms with E-state index in [4.69, 9.17) is 16.6 Å². The van der Waals surface area contributed by atoms with Gasteiger partial charge in [0.25, 0.3) is 0 Å². The SMILES string of the molecule is C[C@](N)(Cc1ccc2[nH]c(N)nc2c1)C(=O)O. The second-order valence-electron chi connectivity index (χ2n) is 4.37. The molecule has 1 heterocycles. The normalized spacial score (nSPS) is 14.7. The molecular formula is C11H14N4O2. The van der Waals surface area contributed by atoms with E-state index in [0.717, 1.165) is 11.1 Å². The minimum Gasteiger partial charge on any atom is -0.480 e. The number of benzene rings is 1. The molecule has 0 unspecified atom stereocenters. The second-order valence-corrected chi connectivity index (χ2v) is 4.37. The number of nitrogens with two attached hydrogens (primary N) is 2. The highest BCUT2D eigenvalue weighted by molar-refractivity contribution is 5.80. The molecule has 6 N–H and O–H groups in total. The number of imidazole rings is 1. The van der Waals surface area contributed by atoms with Crippen LogP contribution >= 0.6 is 0 Å². The Kier molecular flexibility index (Phi) is 2.51. The number of nitrogens with zero attached hydrogens (tertiary/aromatic N) is 1. The number of hydrogen-bond acceptors (Lipinski definition) is 4. The van der Waals surface area contributed by atoms with Crippen LogP contribution in [0.1, 0.15) is 12.5 Å². The lowest BCUT2D eigenvalue weighted by Crippen LogP contribution is -2.46. The molecule has 1 aromatic heterocycles. The Hall–Kier alpha value is -2.08. The number of nitrogens with one attached hydrogen (secondary N) is 1. The number of carboxylic acids is 1. The molecule has 0 radical (unpaired) electrons. The van der Waals surface area contributed by atoms with Gasteiger partial charge in [-0.05, 0) is 24.6 Å². The third kappa shape index (κ3) is 2.21. The first-order chi connectivity index (χ1) is 7.88. The number of aliphatic carboxylic acids is 1. The van der Waals surface area contributed by atoms with Crippen molar-refractivity contribution in [3.8, 4) is 0 Å². The van der Waals surface area contributed by atoms with Crippen molar-refractivity contribution in [2.75, 3.05) is 5.73 Å². The topological polar surface area (TPSA) is 118 Å². The van der Waals surface area contributed by atoms with Crippen LogP contribution in [0.5, 0.6) is 0 Å². The molecule has 1 aromatic carbocycles. The first kappa shape index (κ1) is 11.4. The molecule has 2 aromatic rings. The number of H-pyrrole nitrogens is 1. The van der Waals surface area contributed by atoms with Gasteiger partial charge in [-0.2, -0.15) is 0 Å². The zero-order chi connectivity index (χ0) is 12.6. The van der Waals surface area contributed by atoms with E-state index >= 15 is 0 Å². The number of carbonyl (C=O) groups is 1. The number of carboxylic acid groups (broad SMARTS) is 1. The van der Waals surface area contributed by atoms with Crippen LogP contribution in [0.4, 0.5) is 5.95 Å². The fourth-order valence-electron chi connectivity index (χ4n) is 1.68. The number of anilines is 1. The third-order valence-electron chi connectivity index (χ3n) is 2.63. The van der Waals surface area contributed by atoms with Crippen LogP contribution in [-0.4, -0.2) is 26.6 Å². The molecule has 0 saturated carbocycles. The van der Waals surface area contributed by atoms with E-state index in [-0.39, 0.29) is 6.42 Å². The molecule has 2 rings (SSSR count). The van der Waals surface area contributed by atoms with Crippen molar-refractivity contribution in [2.24, 2.45) is 5.73 Å². The predicted octanol–water partition coefficient (Wildman–Crippen LogP) is 0.490. The summed E-state index contributed by atoms with van der Waals surface area (Å²) in [4.78, 5) is 17.9. The minimum absolute atomic E-state index is 0.241. The Morgan fingerprint density at radius 2 is 2.29 bits per heavy atom. The maximum Gasteiger partial charge on any atom is 0.323 e. The monoisotopic (exact) mass is 234 g/mol. The standard InChI is InChI=1S/C11H14N4O2/c1-11(13,9(16)17)5-6-2-3-7-8(4-6)15-10(12)14-7/h2-4H,5,13H2,1H3,(H,16,17)(H3,12,14,15)/t11-/m0/s1. The molecule has 0 fully saturated rings.